The molecule has 0 aromatic heterocycles. The van der Waals surface area contributed by atoms with Crippen molar-refractivity contribution in [2.45, 2.75) is 12.8 Å². The molecule has 0 saturated carbocycles. The second kappa shape index (κ2) is 12.2. The normalized spacial score (nSPS) is 16.0. The standard InChI is InChI=1S/C18H30N4O2.HI/c1-19-18(21-14-15-8-11-22(2)12-9-15)20-10-13-24-17-6-4-16(23-3)5-7-17;/h4-7,15H,8-14H2,1-3H3,(H2,19,20,21);1H. The Morgan fingerprint density at radius 3 is 2.40 bits per heavy atom. The molecule has 25 heavy (non-hydrogen) atoms. The molecule has 6 nitrogen and oxygen atoms in total. The SMILES string of the molecule is CN=C(NCCOc1ccc(OC)cc1)NCC1CCN(C)CC1.I. The molecular weight excluding hydrogens is 431 g/mol. The molecule has 1 aromatic carbocycles. The van der Waals surface area contributed by atoms with Crippen molar-refractivity contribution in [1.82, 2.24) is 15.5 Å². The summed E-state index contributed by atoms with van der Waals surface area (Å²) in [6.45, 7) is 4.65. The third-order valence-corrected chi connectivity index (χ3v) is 4.34. The number of guanidine groups is 1. The van der Waals surface area contributed by atoms with Crippen LogP contribution in [0.1, 0.15) is 12.8 Å². The number of methoxy groups -OCH3 is 1. The molecule has 0 bridgehead atoms. The monoisotopic (exact) mass is 462 g/mol. The van der Waals surface area contributed by atoms with Gasteiger partial charge in [-0.05, 0) is 63.2 Å². The highest BCUT2D eigenvalue weighted by molar-refractivity contribution is 14.0. The van der Waals surface area contributed by atoms with Crippen molar-refractivity contribution < 1.29 is 9.47 Å². The van der Waals surface area contributed by atoms with Crippen LogP contribution in [0, 0.1) is 5.92 Å². The van der Waals surface area contributed by atoms with Crippen molar-refractivity contribution in [3.05, 3.63) is 24.3 Å². The Labute approximate surface area is 168 Å². The first-order valence-corrected chi connectivity index (χ1v) is 8.61. The Bertz CT molecular complexity index is 502. The molecule has 0 unspecified atom stereocenters. The van der Waals surface area contributed by atoms with E-state index in [1.54, 1.807) is 14.2 Å². The Balaban J connectivity index is 0.00000312. The summed E-state index contributed by atoms with van der Waals surface area (Å²) in [5, 5.41) is 6.71. The molecule has 142 valence electrons. The highest BCUT2D eigenvalue weighted by Gasteiger charge is 2.16. The second-order valence-corrected chi connectivity index (χ2v) is 6.15. The molecule has 0 radical (unpaired) electrons. The zero-order valence-corrected chi connectivity index (χ0v) is 17.8. The molecule has 1 aliphatic rings. The number of benzene rings is 1. The maximum absolute atomic E-state index is 5.70. The summed E-state index contributed by atoms with van der Waals surface area (Å²) in [5.41, 5.74) is 0. The number of halogens is 1. The van der Waals surface area contributed by atoms with Crippen LogP contribution in [0.5, 0.6) is 11.5 Å². The highest BCUT2D eigenvalue weighted by atomic mass is 127. The van der Waals surface area contributed by atoms with Crippen LogP contribution < -0.4 is 20.1 Å². The van der Waals surface area contributed by atoms with Gasteiger partial charge in [0.1, 0.15) is 18.1 Å². The first kappa shape index (κ1) is 21.8. The fourth-order valence-electron chi connectivity index (χ4n) is 2.74. The largest absolute Gasteiger partial charge is 0.497 e. The third-order valence-electron chi connectivity index (χ3n) is 4.34. The predicted molar refractivity (Wildman–Crippen MR) is 113 cm³/mol. The minimum Gasteiger partial charge on any atom is -0.497 e. The van der Waals surface area contributed by atoms with E-state index in [0.29, 0.717) is 13.2 Å². The average molecular weight is 462 g/mol. The maximum Gasteiger partial charge on any atom is 0.191 e. The number of hydrogen-bond donors (Lipinski definition) is 2. The smallest absolute Gasteiger partial charge is 0.191 e. The zero-order chi connectivity index (χ0) is 17.2. The zero-order valence-electron chi connectivity index (χ0n) is 15.5. The van der Waals surface area contributed by atoms with Gasteiger partial charge in [-0.15, -0.1) is 24.0 Å². The average Bonchev–Trinajstić information content (AvgIpc) is 2.63. The Hall–Kier alpha value is -1.22. The van der Waals surface area contributed by atoms with Gasteiger partial charge in [0.2, 0.25) is 0 Å². The number of nitrogens with one attached hydrogen (secondary N) is 2. The molecule has 0 amide bonds. The van der Waals surface area contributed by atoms with Crippen LogP contribution >= 0.6 is 24.0 Å². The minimum absolute atomic E-state index is 0. The third kappa shape index (κ3) is 8.13. The van der Waals surface area contributed by atoms with Gasteiger partial charge < -0.3 is 25.0 Å². The maximum atomic E-state index is 5.70. The molecule has 0 aliphatic carbocycles. The van der Waals surface area contributed by atoms with Gasteiger partial charge in [-0.25, -0.2) is 0 Å². The van der Waals surface area contributed by atoms with Crippen LogP contribution in [-0.2, 0) is 0 Å². The fourth-order valence-corrected chi connectivity index (χ4v) is 2.74. The molecule has 7 heteroatoms. The summed E-state index contributed by atoms with van der Waals surface area (Å²) in [6, 6.07) is 7.60. The lowest BCUT2D eigenvalue weighted by molar-refractivity contribution is 0.220. The summed E-state index contributed by atoms with van der Waals surface area (Å²) >= 11 is 0. The van der Waals surface area contributed by atoms with E-state index in [0.717, 1.165) is 29.9 Å². The van der Waals surface area contributed by atoms with Crippen LogP contribution in [0.2, 0.25) is 0 Å². The minimum atomic E-state index is 0. The highest BCUT2D eigenvalue weighted by Crippen LogP contribution is 2.16. The number of aliphatic imine (C=N–C) groups is 1. The molecule has 1 fully saturated rings. The molecule has 1 aliphatic heterocycles. The van der Waals surface area contributed by atoms with Crippen LogP contribution in [0.15, 0.2) is 29.3 Å². The summed E-state index contributed by atoms with van der Waals surface area (Å²) in [6.07, 6.45) is 2.50. The summed E-state index contributed by atoms with van der Waals surface area (Å²) in [7, 11) is 5.64. The number of nitrogens with zero attached hydrogens (tertiary/aromatic N) is 2. The Morgan fingerprint density at radius 1 is 1.16 bits per heavy atom. The van der Waals surface area contributed by atoms with Crippen molar-refractivity contribution in [2.24, 2.45) is 10.9 Å². The van der Waals surface area contributed by atoms with Gasteiger partial charge in [0, 0.05) is 13.6 Å². The second-order valence-electron chi connectivity index (χ2n) is 6.15. The van der Waals surface area contributed by atoms with Crippen LogP contribution in [0.25, 0.3) is 0 Å². The molecule has 0 atom stereocenters. The Kier molecular flexibility index (Phi) is 10.6. The lowest BCUT2D eigenvalue weighted by atomic mass is 9.97. The fraction of sp³-hybridized carbons (Fsp3) is 0.611. The van der Waals surface area contributed by atoms with Crippen LogP contribution in [0.4, 0.5) is 0 Å². The number of ether oxygens (including phenoxy) is 2. The topological polar surface area (TPSA) is 58.1 Å². The van der Waals surface area contributed by atoms with Crippen molar-refractivity contribution in [3.63, 3.8) is 0 Å². The number of likely N-dealkylation sites (tertiary alicyclic amines) is 1. The van der Waals surface area contributed by atoms with Crippen LogP contribution in [-0.4, -0.2) is 64.9 Å². The van der Waals surface area contributed by atoms with Crippen molar-refractivity contribution in [2.75, 3.05) is 54.0 Å². The van der Waals surface area contributed by atoms with Gasteiger partial charge in [-0.1, -0.05) is 0 Å². The summed E-state index contributed by atoms with van der Waals surface area (Å²) in [4.78, 5) is 6.66. The van der Waals surface area contributed by atoms with E-state index < -0.39 is 0 Å². The molecule has 1 saturated heterocycles. The molecule has 2 rings (SSSR count). The molecule has 0 spiro atoms. The van der Waals surface area contributed by atoms with E-state index in [4.69, 9.17) is 9.47 Å². The molecule has 2 N–H and O–H groups in total. The van der Waals surface area contributed by atoms with E-state index in [9.17, 15) is 0 Å². The van der Waals surface area contributed by atoms with Crippen molar-refractivity contribution >= 4 is 29.9 Å². The van der Waals surface area contributed by atoms with E-state index in [1.807, 2.05) is 24.3 Å². The van der Waals surface area contributed by atoms with Gasteiger partial charge in [-0.2, -0.15) is 0 Å². The number of hydrogen-bond acceptors (Lipinski definition) is 4. The van der Waals surface area contributed by atoms with E-state index in [2.05, 4.69) is 27.6 Å². The summed E-state index contributed by atoms with van der Waals surface area (Å²) < 4.78 is 10.8. The predicted octanol–water partition coefficient (Wildman–Crippen LogP) is 2.20. The first-order chi connectivity index (χ1) is 11.7. The van der Waals surface area contributed by atoms with Gasteiger partial charge in [0.05, 0.1) is 13.7 Å². The van der Waals surface area contributed by atoms with Gasteiger partial charge in [0.15, 0.2) is 5.96 Å². The van der Waals surface area contributed by atoms with E-state index in [-0.39, 0.29) is 24.0 Å². The first-order valence-electron chi connectivity index (χ1n) is 8.61. The van der Waals surface area contributed by atoms with Crippen LogP contribution in [0.3, 0.4) is 0 Å². The quantitative estimate of drug-likeness (QED) is 0.282. The number of piperidine rings is 1. The summed E-state index contributed by atoms with van der Waals surface area (Å²) in [5.74, 6) is 3.24. The van der Waals surface area contributed by atoms with Crippen molar-refractivity contribution in [1.29, 1.82) is 0 Å². The molecular formula is C18H31IN4O2. The molecule has 1 aromatic rings. The Morgan fingerprint density at radius 2 is 1.80 bits per heavy atom. The van der Waals surface area contributed by atoms with Gasteiger partial charge in [0.25, 0.3) is 0 Å². The van der Waals surface area contributed by atoms with E-state index in [1.165, 1.54) is 25.9 Å². The lowest BCUT2D eigenvalue weighted by Crippen LogP contribution is -2.43. The van der Waals surface area contributed by atoms with E-state index >= 15 is 0 Å². The number of rotatable bonds is 7. The molecule has 1 heterocycles. The van der Waals surface area contributed by atoms with Gasteiger partial charge in [-0.3, -0.25) is 4.99 Å². The van der Waals surface area contributed by atoms with Gasteiger partial charge >= 0.3 is 0 Å². The lowest BCUT2D eigenvalue weighted by Gasteiger charge is -2.29. The van der Waals surface area contributed by atoms with Crippen molar-refractivity contribution in [3.8, 4) is 11.5 Å².